The van der Waals surface area contributed by atoms with E-state index < -0.39 is 0 Å². The third-order valence-corrected chi connectivity index (χ3v) is 6.11. The number of nitrogens with zero attached hydrogens (tertiary/aromatic N) is 2. The molecule has 192 valence electrons. The lowest BCUT2D eigenvalue weighted by atomic mass is 10.0. The molecule has 1 aliphatic heterocycles. The normalized spacial score (nSPS) is 13.4. The summed E-state index contributed by atoms with van der Waals surface area (Å²) >= 11 is 0. The maximum Gasteiger partial charge on any atom is 0.293 e. The monoisotopic (exact) mass is 487 g/mol. The van der Waals surface area contributed by atoms with Crippen molar-refractivity contribution in [2.75, 3.05) is 36.0 Å². The number of anilines is 2. The predicted octanol–water partition coefficient (Wildman–Crippen LogP) is 5.88. The molecule has 0 atom stereocenters. The second-order valence-electron chi connectivity index (χ2n) is 10.3. The third kappa shape index (κ3) is 8.42. The van der Waals surface area contributed by atoms with Crippen molar-refractivity contribution in [3.05, 3.63) is 95.1 Å². The molecule has 5 heteroatoms. The highest BCUT2D eigenvalue weighted by atomic mass is 16.5. The van der Waals surface area contributed by atoms with Gasteiger partial charge in [0.2, 0.25) is 0 Å². The molecular weight excluding hydrogens is 446 g/mol. The molecule has 0 saturated carbocycles. The molecule has 5 nitrogen and oxygen atoms in total. The van der Waals surface area contributed by atoms with Crippen molar-refractivity contribution in [2.45, 2.75) is 53.3 Å². The van der Waals surface area contributed by atoms with Crippen molar-refractivity contribution in [3.8, 4) is 0 Å². The Labute approximate surface area is 217 Å². The van der Waals surface area contributed by atoms with Gasteiger partial charge in [-0.3, -0.25) is 4.79 Å². The molecule has 0 aliphatic carbocycles. The van der Waals surface area contributed by atoms with E-state index in [1.807, 2.05) is 20.8 Å². The number of nitrogens with one attached hydrogen (secondary N) is 1. The van der Waals surface area contributed by atoms with Crippen LogP contribution in [0.25, 0.3) is 0 Å². The summed E-state index contributed by atoms with van der Waals surface area (Å²) in [7, 11) is 0. The third-order valence-electron chi connectivity index (χ3n) is 6.11. The summed E-state index contributed by atoms with van der Waals surface area (Å²) in [5, 5.41) is 3.45. The van der Waals surface area contributed by atoms with Crippen LogP contribution in [0.15, 0.2) is 72.8 Å². The number of benzene rings is 3. The molecule has 0 aromatic heterocycles. The van der Waals surface area contributed by atoms with Gasteiger partial charge in [0.05, 0.1) is 0 Å². The SMILES string of the molecule is CC(C)(C)OC=O.Cc1cc(N2CCNCC2)cc(C)c1N(Cc1ccccc1)Cc1ccccc1. The maximum absolute atomic E-state index is 9.60. The molecule has 1 aliphatic rings. The zero-order valence-electron chi connectivity index (χ0n) is 22.5. The lowest BCUT2D eigenvalue weighted by Crippen LogP contribution is -2.43. The number of piperazine rings is 1. The highest BCUT2D eigenvalue weighted by Gasteiger charge is 2.18. The summed E-state index contributed by atoms with van der Waals surface area (Å²) in [6.07, 6.45) is 0. The minimum atomic E-state index is -0.318. The minimum absolute atomic E-state index is 0.318. The molecular formula is C31H41N3O2. The molecule has 0 spiro atoms. The molecule has 0 radical (unpaired) electrons. The van der Waals surface area contributed by atoms with Crippen LogP contribution in [-0.4, -0.2) is 38.3 Å². The largest absolute Gasteiger partial charge is 0.462 e. The Hall–Kier alpha value is -3.31. The molecule has 0 amide bonds. The Bertz CT molecular complexity index is 1010. The molecule has 0 unspecified atom stereocenters. The highest BCUT2D eigenvalue weighted by Crippen LogP contribution is 2.32. The fourth-order valence-electron chi connectivity index (χ4n) is 4.50. The topological polar surface area (TPSA) is 44.8 Å². The number of carbonyl (C=O) groups is 1. The standard InChI is InChI=1S/C26H31N3.C5H10O2/c1-21-17-25(28-15-13-27-14-16-28)18-22(2)26(21)29(19-23-9-5-3-6-10-23)20-24-11-7-4-8-12-24;1-5(2,3)7-4-6/h3-12,17-18,27H,13-16,19-20H2,1-2H3;4H,1-3H3. The van der Waals surface area contributed by atoms with Gasteiger partial charge in [0.15, 0.2) is 0 Å². The summed E-state index contributed by atoms with van der Waals surface area (Å²) in [6.45, 7) is 16.5. The number of carbonyl (C=O) groups excluding carboxylic acids is 1. The number of hydrogen-bond donors (Lipinski definition) is 1. The van der Waals surface area contributed by atoms with Crippen molar-refractivity contribution in [1.29, 1.82) is 0 Å². The van der Waals surface area contributed by atoms with Crippen LogP contribution in [0.4, 0.5) is 11.4 Å². The van der Waals surface area contributed by atoms with Crippen LogP contribution in [0.5, 0.6) is 0 Å². The van der Waals surface area contributed by atoms with Crippen molar-refractivity contribution in [3.63, 3.8) is 0 Å². The van der Waals surface area contributed by atoms with E-state index in [-0.39, 0.29) is 5.60 Å². The lowest BCUT2D eigenvalue weighted by molar-refractivity contribution is -0.138. The second-order valence-corrected chi connectivity index (χ2v) is 10.3. The van der Waals surface area contributed by atoms with Crippen LogP contribution in [0.2, 0.25) is 0 Å². The first-order valence-electron chi connectivity index (χ1n) is 12.8. The van der Waals surface area contributed by atoms with Gasteiger partial charge in [-0.2, -0.15) is 0 Å². The Morgan fingerprint density at radius 3 is 1.72 bits per heavy atom. The Balaban J connectivity index is 0.000000454. The van der Waals surface area contributed by atoms with E-state index in [0.717, 1.165) is 39.3 Å². The van der Waals surface area contributed by atoms with Gasteiger partial charge in [0, 0.05) is 50.6 Å². The van der Waals surface area contributed by atoms with Crippen molar-refractivity contribution < 1.29 is 9.53 Å². The molecule has 1 N–H and O–H groups in total. The number of ether oxygens (including phenoxy) is 1. The molecule has 1 heterocycles. The first kappa shape index (κ1) is 27.3. The molecule has 36 heavy (non-hydrogen) atoms. The average Bonchev–Trinajstić information content (AvgIpc) is 2.85. The maximum atomic E-state index is 9.60. The van der Waals surface area contributed by atoms with Crippen LogP contribution in [-0.2, 0) is 22.6 Å². The van der Waals surface area contributed by atoms with E-state index in [1.165, 1.54) is 33.6 Å². The first-order chi connectivity index (χ1) is 17.3. The average molecular weight is 488 g/mol. The zero-order chi connectivity index (χ0) is 26.0. The van der Waals surface area contributed by atoms with Crippen LogP contribution in [0.1, 0.15) is 43.0 Å². The fourth-order valence-corrected chi connectivity index (χ4v) is 4.50. The minimum Gasteiger partial charge on any atom is -0.462 e. The Kier molecular flexibility index (Phi) is 9.95. The Morgan fingerprint density at radius 2 is 1.33 bits per heavy atom. The van der Waals surface area contributed by atoms with E-state index >= 15 is 0 Å². The van der Waals surface area contributed by atoms with Crippen LogP contribution in [0.3, 0.4) is 0 Å². The van der Waals surface area contributed by atoms with E-state index in [0.29, 0.717) is 6.47 Å². The number of hydrogen-bond acceptors (Lipinski definition) is 5. The van der Waals surface area contributed by atoms with Crippen molar-refractivity contribution in [1.82, 2.24) is 5.32 Å². The first-order valence-corrected chi connectivity index (χ1v) is 12.8. The van der Waals surface area contributed by atoms with Crippen LogP contribution in [0, 0.1) is 13.8 Å². The smallest absolute Gasteiger partial charge is 0.293 e. The number of rotatable bonds is 7. The summed E-state index contributed by atoms with van der Waals surface area (Å²) < 4.78 is 4.55. The van der Waals surface area contributed by atoms with Gasteiger partial charge in [-0.15, -0.1) is 0 Å². The summed E-state index contributed by atoms with van der Waals surface area (Å²) in [6, 6.07) is 26.3. The van der Waals surface area contributed by atoms with E-state index in [2.05, 4.69) is 106 Å². The van der Waals surface area contributed by atoms with Gasteiger partial charge in [0.1, 0.15) is 5.60 Å². The van der Waals surface area contributed by atoms with Gasteiger partial charge < -0.3 is 19.9 Å². The van der Waals surface area contributed by atoms with Gasteiger partial charge in [0.25, 0.3) is 6.47 Å². The van der Waals surface area contributed by atoms with Crippen molar-refractivity contribution in [2.24, 2.45) is 0 Å². The van der Waals surface area contributed by atoms with Gasteiger partial charge in [-0.1, -0.05) is 60.7 Å². The van der Waals surface area contributed by atoms with E-state index in [4.69, 9.17) is 0 Å². The second kappa shape index (κ2) is 13.1. The summed E-state index contributed by atoms with van der Waals surface area (Å²) in [5.74, 6) is 0. The van der Waals surface area contributed by atoms with Gasteiger partial charge in [-0.05, 0) is 69.0 Å². The summed E-state index contributed by atoms with van der Waals surface area (Å²) in [5.41, 5.74) is 7.78. The molecule has 1 saturated heterocycles. The van der Waals surface area contributed by atoms with Gasteiger partial charge in [-0.25, -0.2) is 0 Å². The number of aryl methyl sites for hydroxylation is 2. The highest BCUT2D eigenvalue weighted by molar-refractivity contribution is 5.66. The van der Waals surface area contributed by atoms with E-state index in [9.17, 15) is 4.79 Å². The lowest BCUT2D eigenvalue weighted by Gasteiger charge is -2.33. The Morgan fingerprint density at radius 1 is 0.861 bits per heavy atom. The molecule has 0 bridgehead atoms. The molecule has 3 aromatic rings. The van der Waals surface area contributed by atoms with Crippen LogP contribution < -0.4 is 15.1 Å². The van der Waals surface area contributed by atoms with Crippen molar-refractivity contribution >= 4 is 17.8 Å². The summed E-state index contributed by atoms with van der Waals surface area (Å²) in [4.78, 5) is 14.6. The fraction of sp³-hybridized carbons (Fsp3) is 0.387. The zero-order valence-corrected chi connectivity index (χ0v) is 22.5. The molecule has 1 fully saturated rings. The molecule has 3 aromatic carbocycles. The predicted molar refractivity (Wildman–Crippen MR) is 151 cm³/mol. The van der Waals surface area contributed by atoms with E-state index in [1.54, 1.807) is 0 Å². The van der Waals surface area contributed by atoms with Crippen LogP contribution >= 0.6 is 0 Å². The molecule has 4 rings (SSSR count). The van der Waals surface area contributed by atoms with Gasteiger partial charge >= 0.3 is 0 Å². The quantitative estimate of drug-likeness (QED) is 0.422.